The summed E-state index contributed by atoms with van der Waals surface area (Å²) in [5.74, 6) is -1.35. The van der Waals surface area contributed by atoms with Gasteiger partial charge in [0.1, 0.15) is 30.5 Å². The van der Waals surface area contributed by atoms with E-state index in [4.69, 9.17) is 4.74 Å². The van der Waals surface area contributed by atoms with Crippen molar-refractivity contribution in [2.75, 3.05) is 20.5 Å². The average Bonchev–Trinajstić information content (AvgIpc) is 2.40. The van der Waals surface area contributed by atoms with E-state index in [1.165, 1.54) is 15.5 Å². The Balaban J connectivity index is 2.33. The van der Waals surface area contributed by atoms with Crippen molar-refractivity contribution in [1.82, 2.24) is 4.90 Å². The van der Waals surface area contributed by atoms with Crippen LogP contribution in [-0.4, -0.2) is 41.0 Å². The molecule has 21 heavy (non-hydrogen) atoms. The zero-order valence-electron chi connectivity index (χ0n) is 11.5. The maximum atomic E-state index is 13.8. The highest BCUT2D eigenvalue weighted by Crippen LogP contribution is 2.26. The molecule has 0 amide bonds. The van der Waals surface area contributed by atoms with Gasteiger partial charge in [-0.1, -0.05) is 6.07 Å². The number of benzene rings is 1. The maximum absolute atomic E-state index is 13.8. The minimum absolute atomic E-state index is 0.0228. The summed E-state index contributed by atoms with van der Waals surface area (Å²) in [5, 5.41) is 9.81. The summed E-state index contributed by atoms with van der Waals surface area (Å²) in [6.07, 6.45) is 0. The Morgan fingerprint density at radius 1 is 1.52 bits per heavy atom. The Labute approximate surface area is 119 Å². The molecular weight excluding hydrogens is 286 g/mol. The molecule has 114 valence electrons. The van der Waals surface area contributed by atoms with Crippen molar-refractivity contribution in [1.29, 1.82) is 0 Å². The van der Waals surface area contributed by atoms with Gasteiger partial charge < -0.3 is 14.2 Å². The minimum atomic E-state index is -0.822. The second kappa shape index (κ2) is 6.00. The number of halogens is 2. The van der Waals surface area contributed by atoms with Gasteiger partial charge in [0.05, 0.1) is 6.04 Å². The van der Waals surface area contributed by atoms with Crippen LogP contribution in [0.15, 0.2) is 18.2 Å². The van der Waals surface area contributed by atoms with Crippen LogP contribution in [0.25, 0.3) is 5.43 Å². The number of hydrogen-bond donors (Lipinski definition) is 0. The van der Waals surface area contributed by atoms with Crippen LogP contribution >= 0.6 is 0 Å². The highest BCUT2D eigenvalue weighted by atomic mass is 19.1. The molecule has 1 aromatic rings. The van der Waals surface area contributed by atoms with Crippen molar-refractivity contribution in [3.8, 4) is 0 Å². The lowest BCUT2D eigenvalue weighted by atomic mass is 10.1. The van der Waals surface area contributed by atoms with Gasteiger partial charge in [0.25, 0.3) is 5.96 Å². The monoisotopic (exact) mass is 300 g/mol. The average molecular weight is 300 g/mol. The number of rotatable bonds is 3. The molecule has 0 N–H and O–H groups in total. The predicted octanol–water partition coefficient (Wildman–Crippen LogP) is 1.84. The fraction of sp³-hybridized carbons (Fsp3) is 0.417. The van der Waals surface area contributed by atoms with E-state index in [0.29, 0.717) is 0 Å². The Hall–Kier alpha value is -2.29. The summed E-state index contributed by atoms with van der Waals surface area (Å²) in [7, 11) is 1.57. The van der Waals surface area contributed by atoms with E-state index in [2.05, 4.69) is 5.43 Å². The van der Waals surface area contributed by atoms with Crippen LogP contribution in [0, 0.1) is 21.7 Å². The van der Waals surface area contributed by atoms with Gasteiger partial charge in [-0.3, -0.25) is 0 Å². The lowest BCUT2D eigenvalue weighted by Crippen LogP contribution is -2.45. The summed E-state index contributed by atoms with van der Waals surface area (Å²) in [4.78, 5) is 12.1. The van der Waals surface area contributed by atoms with Gasteiger partial charge in [0.15, 0.2) is 5.03 Å². The lowest BCUT2D eigenvalue weighted by Gasteiger charge is -2.34. The van der Waals surface area contributed by atoms with Gasteiger partial charge >= 0.3 is 0 Å². The molecule has 9 heteroatoms. The summed E-state index contributed by atoms with van der Waals surface area (Å²) in [6.45, 7) is 1.80. The molecule has 0 saturated heterocycles. The Bertz CT molecular complexity index is 594. The number of guanidine groups is 1. The van der Waals surface area contributed by atoms with Gasteiger partial charge in [-0.05, 0) is 13.0 Å². The highest BCUT2D eigenvalue weighted by molar-refractivity contribution is 5.86. The van der Waals surface area contributed by atoms with Crippen LogP contribution in [-0.2, 0) is 4.74 Å². The summed E-state index contributed by atoms with van der Waals surface area (Å²) in [5.41, 5.74) is 3.51. The molecule has 0 saturated carbocycles. The molecule has 0 aromatic heterocycles. The van der Waals surface area contributed by atoms with Crippen molar-refractivity contribution in [3.05, 3.63) is 50.9 Å². The fourth-order valence-electron chi connectivity index (χ4n) is 2.11. The van der Waals surface area contributed by atoms with E-state index < -0.39 is 22.7 Å². The highest BCUT2D eigenvalue weighted by Gasteiger charge is 2.30. The van der Waals surface area contributed by atoms with Crippen LogP contribution in [0.4, 0.5) is 8.78 Å². The molecule has 1 atom stereocenters. The SMILES string of the molecule is C[C@H](c1ccc(F)cc1F)N1COC[N+](C)=C1[N-][N+](=O)[O-]. The van der Waals surface area contributed by atoms with Gasteiger partial charge in [-0.25, -0.2) is 18.9 Å². The molecule has 0 radical (unpaired) electrons. The van der Waals surface area contributed by atoms with Crippen LogP contribution in [0.2, 0.25) is 0 Å². The third-order valence-corrected chi connectivity index (χ3v) is 3.16. The molecule has 1 aliphatic heterocycles. The molecule has 7 nitrogen and oxygen atoms in total. The lowest BCUT2D eigenvalue weighted by molar-refractivity contribution is -0.565. The molecule has 0 bridgehead atoms. The molecule has 0 fully saturated rings. The second-order valence-electron chi connectivity index (χ2n) is 4.61. The van der Waals surface area contributed by atoms with Crippen molar-refractivity contribution < 1.29 is 23.1 Å². The molecule has 1 aliphatic rings. The first-order chi connectivity index (χ1) is 9.90. The van der Waals surface area contributed by atoms with Crippen molar-refractivity contribution in [3.63, 3.8) is 0 Å². The molecule has 0 aliphatic carbocycles. The van der Waals surface area contributed by atoms with E-state index in [9.17, 15) is 18.9 Å². The van der Waals surface area contributed by atoms with Crippen LogP contribution in [0.3, 0.4) is 0 Å². The van der Waals surface area contributed by atoms with E-state index in [-0.39, 0.29) is 25.0 Å². The minimum Gasteiger partial charge on any atom is -0.341 e. The first kappa shape index (κ1) is 15.1. The molecule has 0 spiro atoms. The maximum Gasteiger partial charge on any atom is 0.277 e. The molecular formula is C12H14F2N4O3. The van der Waals surface area contributed by atoms with Crippen LogP contribution in [0.1, 0.15) is 18.5 Å². The van der Waals surface area contributed by atoms with Gasteiger partial charge in [-0.15, -0.1) is 0 Å². The Kier molecular flexibility index (Phi) is 4.32. The van der Waals surface area contributed by atoms with Crippen molar-refractivity contribution in [2.45, 2.75) is 13.0 Å². The smallest absolute Gasteiger partial charge is 0.277 e. The molecule has 1 aromatic carbocycles. The van der Waals surface area contributed by atoms with Crippen molar-refractivity contribution >= 4 is 5.96 Å². The molecule has 0 unspecified atom stereocenters. The standard InChI is InChI=1S/C12H14F2N4O3/c1-8(10-4-3-9(13)5-11(10)14)17-7-21-6-16(2)12(17)15-18(19)20/h3-5,8H,6-7H2,1-2H3/t8-/m1/s1. The number of nitro groups is 1. The summed E-state index contributed by atoms with van der Waals surface area (Å²) >= 11 is 0. The molecule has 1 heterocycles. The van der Waals surface area contributed by atoms with E-state index >= 15 is 0 Å². The topological polar surface area (TPSA) is 72.7 Å². The summed E-state index contributed by atoms with van der Waals surface area (Å²) in [6, 6.07) is 2.60. The first-order valence-electron chi connectivity index (χ1n) is 6.13. The first-order valence-corrected chi connectivity index (χ1v) is 6.13. The van der Waals surface area contributed by atoms with E-state index in [1.54, 1.807) is 14.0 Å². The Morgan fingerprint density at radius 3 is 2.86 bits per heavy atom. The zero-order valence-corrected chi connectivity index (χ0v) is 11.5. The normalized spacial score (nSPS) is 16.9. The fourth-order valence-corrected chi connectivity index (χ4v) is 2.11. The quantitative estimate of drug-likeness (QED) is 0.485. The van der Waals surface area contributed by atoms with Gasteiger partial charge in [0, 0.05) is 18.7 Å². The number of hydrogen-bond acceptors (Lipinski definition) is 4. The van der Waals surface area contributed by atoms with Crippen molar-refractivity contribution in [2.24, 2.45) is 0 Å². The van der Waals surface area contributed by atoms with Gasteiger partial charge in [0.2, 0.25) is 0 Å². The van der Waals surface area contributed by atoms with E-state index in [0.717, 1.165) is 12.1 Å². The number of ether oxygens (including phenoxy) is 1. The zero-order chi connectivity index (χ0) is 15.6. The third-order valence-electron chi connectivity index (χ3n) is 3.16. The largest absolute Gasteiger partial charge is 0.341 e. The van der Waals surface area contributed by atoms with E-state index in [1.807, 2.05) is 0 Å². The molecule has 2 rings (SSSR count). The predicted molar refractivity (Wildman–Crippen MR) is 69.0 cm³/mol. The second-order valence-corrected chi connectivity index (χ2v) is 4.61. The Morgan fingerprint density at radius 2 is 2.24 bits per heavy atom. The van der Waals surface area contributed by atoms with Gasteiger partial charge in [-0.2, -0.15) is 0 Å². The van der Waals surface area contributed by atoms with Crippen LogP contribution < -0.4 is 0 Å². The summed E-state index contributed by atoms with van der Waals surface area (Å²) < 4.78 is 33.5. The number of nitrogens with zero attached hydrogens (tertiary/aromatic N) is 4. The third kappa shape index (κ3) is 3.24. The van der Waals surface area contributed by atoms with Crippen LogP contribution in [0.5, 0.6) is 0 Å².